The number of aromatic nitrogens is 1. The van der Waals surface area contributed by atoms with Gasteiger partial charge in [-0.2, -0.15) is 4.99 Å². The molecule has 0 fully saturated rings. The highest BCUT2D eigenvalue weighted by Crippen LogP contribution is 2.24. The molecule has 0 aliphatic rings. The topological polar surface area (TPSA) is 34.5 Å². The number of isothiocyanates is 1. The van der Waals surface area contributed by atoms with E-state index in [1.807, 2.05) is 6.92 Å². The molecule has 0 aliphatic heterocycles. The van der Waals surface area contributed by atoms with Crippen molar-refractivity contribution in [3.8, 4) is 5.75 Å². The van der Waals surface area contributed by atoms with Crippen LogP contribution in [0.25, 0.3) is 0 Å². The van der Waals surface area contributed by atoms with Crippen LogP contribution in [0.5, 0.6) is 5.75 Å². The molecule has 0 spiro atoms. The molecule has 0 atom stereocenters. The maximum Gasteiger partial charge on any atom is 0.148 e. The van der Waals surface area contributed by atoms with Gasteiger partial charge < -0.3 is 4.74 Å². The summed E-state index contributed by atoms with van der Waals surface area (Å²) >= 11 is 4.48. The average molecular weight is 180 g/mol. The zero-order valence-electron chi connectivity index (χ0n) is 6.65. The van der Waals surface area contributed by atoms with Gasteiger partial charge in [0.1, 0.15) is 11.4 Å². The van der Waals surface area contributed by atoms with Crippen LogP contribution in [0.3, 0.4) is 0 Å². The second-order valence-electron chi connectivity index (χ2n) is 1.98. The third-order valence-corrected chi connectivity index (χ3v) is 1.32. The van der Waals surface area contributed by atoms with Crippen LogP contribution in [0.4, 0.5) is 5.69 Å². The molecule has 0 bridgehead atoms. The van der Waals surface area contributed by atoms with Gasteiger partial charge in [-0.25, -0.2) is 0 Å². The largest absolute Gasteiger partial charge is 0.491 e. The van der Waals surface area contributed by atoms with Crippen molar-refractivity contribution < 1.29 is 4.74 Å². The molecule has 3 nitrogen and oxygen atoms in total. The number of nitrogens with zero attached hydrogens (tertiary/aromatic N) is 2. The van der Waals surface area contributed by atoms with Crippen LogP contribution >= 0.6 is 12.2 Å². The van der Waals surface area contributed by atoms with E-state index in [9.17, 15) is 0 Å². The molecule has 1 heterocycles. The van der Waals surface area contributed by atoms with Crippen molar-refractivity contribution in [2.24, 2.45) is 4.99 Å². The summed E-state index contributed by atoms with van der Waals surface area (Å²) in [7, 11) is 0. The molecule has 0 saturated carbocycles. The van der Waals surface area contributed by atoms with Gasteiger partial charge in [-0.15, -0.1) is 0 Å². The first-order valence-corrected chi connectivity index (χ1v) is 3.94. The molecule has 0 aromatic carbocycles. The van der Waals surface area contributed by atoms with Gasteiger partial charge in [0.25, 0.3) is 0 Å². The Bertz CT molecular complexity index is 308. The predicted molar refractivity (Wildman–Crippen MR) is 50.1 cm³/mol. The predicted octanol–water partition coefficient (Wildman–Crippen LogP) is 2.21. The lowest BCUT2D eigenvalue weighted by molar-refractivity contribution is 0.341. The van der Waals surface area contributed by atoms with Crippen LogP contribution in [0.15, 0.2) is 23.5 Å². The fraction of sp³-hybridized carbons (Fsp3) is 0.250. The molecule has 0 radical (unpaired) electrons. The molecule has 4 heteroatoms. The van der Waals surface area contributed by atoms with Crippen molar-refractivity contribution in [2.45, 2.75) is 6.92 Å². The number of aliphatic imine (C=N–C) groups is 1. The summed E-state index contributed by atoms with van der Waals surface area (Å²) in [4.78, 5) is 7.69. The first kappa shape index (κ1) is 8.84. The smallest absolute Gasteiger partial charge is 0.148 e. The van der Waals surface area contributed by atoms with E-state index in [4.69, 9.17) is 4.74 Å². The van der Waals surface area contributed by atoms with Crippen molar-refractivity contribution in [2.75, 3.05) is 6.61 Å². The van der Waals surface area contributed by atoms with Gasteiger partial charge in [0.15, 0.2) is 0 Å². The van der Waals surface area contributed by atoms with E-state index in [1.165, 1.54) is 0 Å². The van der Waals surface area contributed by atoms with E-state index in [0.29, 0.717) is 18.0 Å². The van der Waals surface area contributed by atoms with Crippen molar-refractivity contribution in [3.63, 3.8) is 0 Å². The van der Waals surface area contributed by atoms with Crippen LogP contribution in [-0.2, 0) is 0 Å². The third-order valence-electron chi connectivity index (χ3n) is 1.23. The maximum absolute atomic E-state index is 5.27. The van der Waals surface area contributed by atoms with Crippen molar-refractivity contribution in [1.82, 2.24) is 4.98 Å². The Morgan fingerprint density at radius 3 is 3.25 bits per heavy atom. The molecule has 0 amide bonds. The molecule has 1 rings (SSSR count). The monoisotopic (exact) mass is 180 g/mol. The molecule has 62 valence electrons. The summed E-state index contributed by atoms with van der Waals surface area (Å²) in [6, 6.07) is 1.75. The Morgan fingerprint density at radius 1 is 1.75 bits per heavy atom. The number of thiocarbonyl (C=S) groups is 1. The first-order valence-electron chi connectivity index (χ1n) is 3.53. The van der Waals surface area contributed by atoms with Crippen molar-refractivity contribution >= 4 is 23.1 Å². The molecule has 1 aromatic rings. The second kappa shape index (κ2) is 4.59. The standard InChI is InChI=1S/C8H8N2OS/c1-2-11-8-3-4-9-5-7(8)10-6-12/h3-5H,2H2,1H3. The molecule has 0 saturated heterocycles. The number of pyridine rings is 1. The fourth-order valence-corrected chi connectivity index (χ4v) is 0.882. The zero-order chi connectivity index (χ0) is 8.81. The van der Waals surface area contributed by atoms with E-state index in [1.54, 1.807) is 18.5 Å². The summed E-state index contributed by atoms with van der Waals surface area (Å²) < 4.78 is 5.27. The maximum atomic E-state index is 5.27. The van der Waals surface area contributed by atoms with Gasteiger partial charge in [0, 0.05) is 12.3 Å². The van der Waals surface area contributed by atoms with Crippen molar-refractivity contribution in [3.05, 3.63) is 18.5 Å². The van der Waals surface area contributed by atoms with Crippen molar-refractivity contribution in [1.29, 1.82) is 0 Å². The quantitative estimate of drug-likeness (QED) is 0.528. The lowest BCUT2D eigenvalue weighted by Crippen LogP contribution is -1.91. The summed E-state index contributed by atoms with van der Waals surface area (Å²) in [6.45, 7) is 2.51. The van der Waals surface area contributed by atoms with Crippen LogP contribution in [-0.4, -0.2) is 16.8 Å². The SMILES string of the molecule is CCOc1ccncc1N=C=S. The zero-order valence-corrected chi connectivity index (χ0v) is 7.47. The average Bonchev–Trinajstić information content (AvgIpc) is 2.09. The van der Waals surface area contributed by atoms with Gasteiger partial charge in [-0.3, -0.25) is 4.98 Å². The molecular weight excluding hydrogens is 172 g/mol. The summed E-state index contributed by atoms with van der Waals surface area (Å²) in [5.41, 5.74) is 0.620. The Kier molecular flexibility index (Phi) is 3.38. The van der Waals surface area contributed by atoms with Gasteiger partial charge >= 0.3 is 0 Å². The normalized spacial score (nSPS) is 8.75. The molecule has 1 aromatic heterocycles. The molecule has 0 unspecified atom stereocenters. The Hall–Kier alpha value is -1.25. The van der Waals surface area contributed by atoms with E-state index in [0.717, 1.165) is 0 Å². The Labute approximate surface area is 76.1 Å². The second-order valence-corrected chi connectivity index (χ2v) is 2.16. The van der Waals surface area contributed by atoms with E-state index >= 15 is 0 Å². The molecular formula is C8H8N2OS. The Morgan fingerprint density at radius 2 is 2.58 bits per heavy atom. The first-order chi connectivity index (χ1) is 5.88. The molecule has 0 N–H and O–H groups in total. The minimum Gasteiger partial charge on any atom is -0.491 e. The van der Waals surface area contributed by atoms with Crippen LogP contribution in [0, 0.1) is 0 Å². The molecule has 12 heavy (non-hydrogen) atoms. The minimum atomic E-state index is 0.601. The fourth-order valence-electron chi connectivity index (χ4n) is 0.784. The lowest BCUT2D eigenvalue weighted by Gasteiger charge is -2.03. The number of hydrogen-bond donors (Lipinski definition) is 0. The highest BCUT2D eigenvalue weighted by Gasteiger charge is 1.98. The highest BCUT2D eigenvalue weighted by molar-refractivity contribution is 7.78. The number of ether oxygens (including phenoxy) is 1. The summed E-state index contributed by atoms with van der Waals surface area (Å²) in [6.07, 6.45) is 3.23. The van der Waals surface area contributed by atoms with Gasteiger partial charge in [0.2, 0.25) is 0 Å². The lowest BCUT2D eigenvalue weighted by atomic mass is 10.4. The number of rotatable bonds is 3. The van der Waals surface area contributed by atoms with Gasteiger partial charge in [-0.05, 0) is 19.1 Å². The van der Waals surface area contributed by atoms with Crippen LogP contribution in [0.1, 0.15) is 6.92 Å². The van der Waals surface area contributed by atoms with E-state index in [2.05, 4.69) is 27.4 Å². The Balaban J connectivity index is 2.99. The number of hydrogen-bond acceptors (Lipinski definition) is 4. The van der Waals surface area contributed by atoms with Gasteiger partial charge in [-0.1, -0.05) is 0 Å². The van der Waals surface area contributed by atoms with E-state index in [-0.39, 0.29) is 0 Å². The summed E-state index contributed by atoms with van der Waals surface area (Å²) in [5, 5.41) is 2.27. The van der Waals surface area contributed by atoms with E-state index < -0.39 is 0 Å². The highest BCUT2D eigenvalue weighted by atomic mass is 32.1. The minimum absolute atomic E-state index is 0.601. The molecule has 0 aliphatic carbocycles. The van der Waals surface area contributed by atoms with Gasteiger partial charge in [0.05, 0.1) is 18.0 Å². The van der Waals surface area contributed by atoms with Crippen LogP contribution in [0.2, 0.25) is 0 Å². The summed E-state index contributed by atoms with van der Waals surface area (Å²) in [5.74, 6) is 0.685. The third kappa shape index (κ3) is 2.12. The van der Waals surface area contributed by atoms with Crippen LogP contribution < -0.4 is 4.74 Å².